The molecule has 17 nitrogen and oxygen atoms in total. The van der Waals surface area contributed by atoms with Crippen LogP contribution in [-0.2, 0) is 21.9 Å². The van der Waals surface area contributed by atoms with Gasteiger partial charge in [0.1, 0.15) is 34.3 Å². The molecule has 8 fully saturated rings. The van der Waals surface area contributed by atoms with Crippen molar-refractivity contribution < 1.29 is 22.6 Å². The van der Waals surface area contributed by atoms with Gasteiger partial charge in [0.15, 0.2) is 0 Å². The molecule has 0 spiro atoms. The summed E-state index contributed by atoms with van der Waals surface area (Å²) in [6.45, 7) is 7.17. The average molecular weight is 991 g/mol. The zero-order valence-electron chi connectivity index (χ0n) is 41.7. The molecule has 14 rings (SSSR count). The number of hydrogen-bond acceptors (Lipinski definition) is 13. The van der Waals surface area contributed by atoms with Crippen molar-refractivity contribution in [3.63, 3.8) is 0 Å². The molecule has 4 bridgehead atoms. The van der Waals surface area contributed by atoms with E-state index in [4.69, 9.17) is 10.7 Å². The number of nitrogens with one attached hydrogen (secondary N) is 1. The molecular weight excluding hydrogens is 927 g/mol. The van der Waals surface area contributed by atoms with Gasteiger partial charge in [0.25, 0.3) is 11.8 Å². The highest BCUT2D eigenvalue weighted by Crippen LogP contribution is 2.64. The second-order valence-electron chi connectivity index (χ2n) is 21.0. The van der Waals surface area contributed by atoms with Crippen molar-refractivity contribution in [2.75, 3.05) is 122 Å². The number of likely N-dealkylation sites (N-methyl/N-ethyl adjacent to an activating group) is 2. The van der Waals surface area contributed by atoms with Gasteiger partial charge >= 0.3 is 0 Å². The Kier molecular flexibility index (Phi) is 12.8. The van der Waals surface area contributed by atoms with E-state index in [1.165, 1.54) is 12.1 Å². The van der Waals surface area contributed by atoms with E-state index in [1.807, 2.05) is 24.3 Å². The molecule has 20 heteroatoms. The number of carbonyl (C=O) groups excluding carboxylic acids is 2. The predicted octanol–water partition coefficient (Wildman–Crippen LogP) is 5.82. The van der Waals surface area contributed by atoms with Crippen LogP contribution >= 0.6 is 0 Å². The Morgan fingerprint density at radius 3 is 1.54 bits per heavy atom. The average Bonchev–Trinajstić information content (AvgIpc) is 3.83. The van der Waals surface area contributed by atoms with Crippen LogP contribution in [0.2, 0.25) is 0 Å². The number of hydrogen-bond donors (Lipinski definition) is 2. The second kappa shape index (κ2) is 18.7. The van der Waals surface area contributed by atoms with Crippen LogP contribution in [0.25, 0.3) is 22.1 Å². The molecule has 2 aromatic carbocycles. The summed E-state index contributed by atoms with van der Waals surface area (Å²) in [6, 6.07) is 13.8. The summed E-state index contributed by atoms with van der Waals surface area (Å²) in [4.78, 5) is 55.2. The van der Waals surface area contributed by atoms with Crippen molar-refractivity contribution >= 4 is 73.4 Å². The number of piperazine rings is 2. The van der Waals surface area contributed by atoms with Crippen LogP contribution < -0.4 is 20.9 Å². The minimum atomic E-state index is -1.23. The van der Waals surface area contributed by atoms with Crippen LogP contribution in [0.1, 0.15) is 59.5 Å². The SMILES string of the molecule is CN(C)C(=O)c1cc2cnc(S(C)=O)nc2n1C12CC(C1)C2.CN1CCN(c2ccc(N)cc2F)CC1.CN1CCN(c2ccc(Nc3ncc4cc(C(=O)N(C)C)n(C56CC(C5)C6)c4n3)cc2F)CC1. The second-order valence-corrected chi connectivity index (χ2v) is 22.2. The first kappa shape index (κ1) is 48.4. The molecule has 376 valence electrons. The number of halogens is 2. The molecule has 6 aromatic rings. The Morgan fingerprint density at radius 2 is 1.11 bits per heavy atom. The fourth-order valence-electron chi connectivity index (χ4n) is 11.2. The molecule has 2 aliphatic heterocycles. The van der Waals surface area contributed by atoms with Crippen LogP contribution in [0.4, 0.5) is 37.5 Å². The van der Waals surface area contributed by atoms with Gasteiger partial charge in [0, 0.05) is 132 Å². The van der Waals surface area contributed by atoms with Crippen LogP contribution in [0.3, 0.4) is 0 Å². The fraction of sp³-hybridized carbons (Fsp3) is 0.490. The Balaban J connectivity index is 0.000000135. The molecule has 6 aliphatic carbocycles. The first-order valence-electron chi connectivity index (χ1n) is 24.4. The van der Waals surface area contributed by atoms with Crippen molar-refractivity contribution in [3.8, 4) is 0 Å². The first-order chi connectivity index (χ1) is 33.9. The van der Waals surface area contributed by atoms with Gasteiger partial charge in [0.05, 0.1) is 22.2 Å². The molecule has 1 unspecified atom stereocenters. The van der Waals surface area contributed by atoms with Gasteiger partial charge in [0.2, 0.25) is 11.1 Å². The van der Waals surface area contributed by atoms with Gasteiger partial charge in [-0.25, -0.2) is 23.7 Å². The highest BCUT2D eigenvalue weighted by molar-refractivity contribution is 7.84. The van der Waals surface area contributed by atoms with E-state index in [2.05, 4.69) is 63.1 Å². The maximum absolute atomic E-state index is 15.0. The van der Waals surface area contributed by atoms with Gasteiger partial charge in [-0.2, -0.15) is 4.98 Å². The summed E-state index contributed by atoms with van der Waals surface area (Å²) in [5, 5.41) is 5.17. The molecule has 8 aliphatic rings. The molecule has 6 saturated carbocycles. The van der Waals surface area contributed by atoms with Gasteiger partial charge in [-0.1, -0.05) is 0 Å². The molecule has 3 N–H and O–H groups in total. The zero-order valence-corrected chi connectivity index (χ0v) is 42.5. The monoisotopic (exact) mass is 990 g/mol. The summed E-state index contributed by atoms with van der Waals surface area (Å²) in [5.41, 5.74) is 10.7. The summed E-state index contributed by atoms with van der Waals surface area (Å²) >= 11 is 0. The number of amides is 2. The lowest BCUT2D eigenvalue weighted by Crippen LogP contribution is -2.60. The highest BCUT2D eigenvalue weighted by atomic mass is 32.2. The highest BCUT2D eigenvalue weighted by Gasteiger charge is 2.60. The van der Waals surface area contributed by atoms with Gasteiger partial charge < -0.3 is 49.6 Å². The van der Waals surface area contributed by atoms with E-state index in [-0.39, 0.29) is 34.5 Å². The summed E-state index contributed by atoms with van der Waals surface area (Å²) in [6.07, 6.45) is 11.6. The van der Waals surface area contributed by atoms with Gasteiger partial charge in [-0.15, -0.1) is 0 Å². The predicted molar refractivity (Wildman–Crippen MR) is 274 cm³/mol. The number of rotatable bonds is 9. The number of nitrogens with zero attached hydrogens (tertiary/aromatic N) is 12. The van der Waals surface area contributed by atoms with Crippen molar-refractivity contribution in [3.05, 3.63) is 83.9 Å². The van der Waals surface area contributed by atoms with E-state index in [1.54, 1.807) is 68.8 Å². The normalized spacial score (nSPS) is 23.7. The maximum Gasteiger partial charge on any atom is 0.270 e. The fourth-order valence-corrected chi connectivity index (χ4v) is 11.6. The largest absolute Gasteiger partial charge is 0.399 e. The number of nitrogens with two attached hydrogens (primary N) is 1. The van der Waals surface area contributed by atoms with Crippen LogP contribution in [0.5, 0.6) is 0 Å². The quantitative estimate of drug-likeness (QED) is 0.132. The van der Waals surface area contributed by atoms with Crippen molar-refractivity contribution in [2.45, 2.75) is 54.8 Å². The molecule has 6 heterocycles. The first-order valence-corrected chi connectivity index (χ1v) is 26.0. The number of nitrogen functional groups attached to an aromatic ring is 1. The number of carbonyl (C=O) groups is 2. The number of fused-ring (bicyclic) bond motifs is 2. The Labute approximate surface area is 415 Å². The lowest BCUT2D eigenvalue weighted by atomic mass is 9.49. The third-order valence-electron chi connectivity index (χ3n) is 15.4. The lowest BCUT2D eigenvalue weighted by Gasteiger charge is -2.62. The number of benzene rings is 2. The van der Waals surface area contributed by atoms with E-state index in [9.17, 15) is 22.6 Å². The standard InChI is InChI=1S/C25H30FN7O.C15H18N4O2S.C11H16FN3/c1-30(2)23(34)21-10-17-15-27-24(29-22(17)33(21)25-12-16(13-25)14-25)28-18-4-5-20(19(26)11-18)32-8-6-31(3)7-9-32;1-18(2)13(20)11-4-10-8-16-14(22(3)21)17-12(10)19(11)15-5-9(6-15)7-15;1-14-4-6-15(7-5-14)11-3-2-9(13)8-10(11)12/h4-5,10-11,15-16H,6-9,12-14H2,1-3H3,(H,27,28,29);4,8-9H,5-7H2,1-3H3;2-3,8H,4-7,13H2,1H3. The van der Waals surface area contributed by atoms with Crippen molar-refractivity contribution in [1.29, 1.82) is 0 Å². The smallest absolute Gasteiger partial charge is 0.270 e. The third kappa shape index (κ3) is 9.07. The van der Waals surface area contributed by atoms with E-state index >= 15 is 0 Å². The molecule has 2 amide bonds. The lowest BCUT2D eigenvalue weighted by molar-refractivity contribution is -0.0871. The van der Waals surface area contributed by atoms with Crippen molar-refractivity contribution in [1.82, 2.24) is 48.7 Å². The Bertz CT molecular complexity index is 3020. The summed E-state index contributed by atoms with van der Waals surface area (Å²) in [7, 11) is 9.98. The summed E-state index contributed by atoms with van der Waals surface area (Å²) < 4.78 is 44.5. The topological polar surface area (TPSA) is 170 Å². The Hall–Kier alpha value is -6.25. The van der Waals surface area contributed by atoms with E-state index < -0.39 is 10.8 Å². The molecule has 71 heavy (non-hydrogen) atoms. The minimum absolute atomic E-state index is 0.00465. The van der Waals surface area contributed by atoms with Gasteiger partial charge in [-0.3, -0.25) is 13.8 Å². The van der Waals surface area contributed by atoms with Crippen LogP contribution in [0.15, 0.2) is 66.1 Å². The zero-order chi connectivity index (χ0) is 50.1. The molecular formula is C51H64F2N14O3S. The van der Waals surface area contributed by atoms with E-state index in [0.29, 0.717) is 45.2 Å². The molecule has 2 saturated heterocycles. The molecule has 1 atom stereocenters. The number of anilines is 5. The Morgan fingerprint density at radius 1 is 0.662 bits per heavy atom. The van der Waals surface area contributed by atoms with Crippen LogP contribution in [-0.4, -0.2) is 166 Å². The third-order valence-corrected chi connectivity index (χ3v) is 16.1. The van der Waals surface area contributed by atoms with Crippen molar-refractivity contribution in [2.24, 2.45) is 11.8 Å². The molecule has 4 aromatic heterocycles. The maximum atomic E-state index is 15.0. The molecule has 0 radical (unpaired) electrons. The number of aromatic nitrogens is 6. The van der Waals surface area contributed by atoms with E-state index in [0.717, 1.165) is 125 Å². The van der Waals surface area contributed by atoms with Crippen LogP contribution in [0, 0.1) is 23.5 Å². The minimum Gasteiger partial charge on any atom is -0.399 e. The summed E-state index contributed by atoms with van der Waals surface area (Å²) in [5.74, 6) is 1.42. The van der Waals surface area contributed by atoms with Gasteiger partial charge in [-0.05, 0) is 113 Å².